The van der Waals surface area contributed by atoms with Crippen molar-refractivity contribution in [2.75, 3.05) is 5.32 Å². The van der Waals surface area contributed by atoms with Crippen LogP contribution in [0.5, 0.6) is 5.75 Å². The van der Waals surface area contributed by atoms with E-state index in [0.29, 0.717) is 5.13 Å². The first-order chi connectivity index (χ1) is 11.6. The summed E-state index contributed by atoms with van der Waals surface area (Å²) >= 11 is 1.23. The second-order valence-electron chi connectivity index (χ2n) is 4.83. The molecule has 3 aromatic rings. The van der Waals surface area contributed by atoms with Gasteiger partial charge in [-0.15, -0.1) is 10.2 Å². The average molecular weight is 343 g/mol. The Morgan fingerprint density at radius 3 is 2.75 bits per heavy atom. The first kappa shape index (κ1) is 15.9. The predicted octanol–water partition coefficient (Wildman–Crippen LogP) is 2.63. The summed E-state index contributed by atoms with van der Waals surface area (Å²) in [4.78, 5) is 24.1. The monoisotopic (exact) mass is 343 g/mol. The Labute approximate surface area is 140 Å². The lowest BCUT2D eigenvalue weighted by atomic mass is 10.2. The number of hydrogen-bond donors (Lipinski definition) is 1. The fourth-order valence-electron chi connectivity index (χ4n) is 1.86. The van der Waals surface area contributed by atoms with Crippen molar-refractivity contribution in [3.63, 3.8) is 0 Å². The third-order valence-corrected chi connectivity index (χ3v) is 3.76. The van der Waals surface area contributed by atoms with E-state index in [4.69, 9.17) is 9.15 Å². The number of benzene rings is 1. The molecule has 0 saturated carbocycles. The fourth-order valence-corrected chi connectivity index (χ4v) is 2.45. The third kappa shape index (κ3) is 3.85. The number of anilines is 1. The van der Waals surface area contributed by atoms with E-state index in [0.717, 1.165) is 22.9 Å². The van der Waals surface area contributed by atoms with E-state index in [1.54, 1.807) is 6.92 Å². The van der Waals surface area contributed by atoms with Crippen LogP contribution in [0, 0.1) is 6.92 Å². The zero-order chi connectivity index (χ0) is 16.9. The highest BCUT2D eigenvalue weighted by Gasteiger charge is 2.14. The Balaban J connectivity index is 1.67. The maximum atomic E-state index is 12.0. The molecule has 0 aliphatic heterocycles. The van der Waals surface area contributed by atoms with Crippen LogP contribution in [0.25, 0.3) is 0 Å². The van der Waals surface area contributed by atoms with E-state index in [-0.39, 0.29) is 18.1 Å². The highest BCUT2D eigenvalue weighted by molar-refractivity contribution is 7.15. The largest absolute Gasteiger partial charge is 0.482 e. The number of nitrogens with one attached hydrogen (secondary N) is 1. The third-order valence-electron chi connectivity index (χ3n) is 3.01. The lowest BCUT2D eigenvalue weighted by Gasteiger charge is -2.05. The van der Waals surface area contributed by atoms with E-state index >= 15 is 0 Å². The van der Waals surface area contributed by atoms with Crippen molar-refractivity contribution in [3.05, 3.63) is 69.2 Å². The van der Waals surface area contributed by atoms with Crippen molar-refractivity contribution in [1.29, 1.82) is 0 Å². The van der Waals surface area contributed by atoms with Crippen molar-refractivity contribution >= 4 is 22.4 Å². The van der Waals surface area contributed by atoms with Gasteiger partial charge in [-0.3, -0.25) is 14.9 Å². The van der Waals surface area contributed by atoms with Crippen LogP contribution < -0.4 is 15.5 Å². The lowest BCUT2D eigenvalue weighted by molar-refractivity contribution is 0.0993. The molecule has 1 N–H and O–H groups in total. The highest BCUT2D eigenvalue weighted by Crippen LogP contribution is 2.15. The first-order valence-electron chi connectivity index (χ1n) is 7.03. The Morgan fingerprint density at radius 2 is 2.08 bits per heavy atom. The number of carbonyl (C=O) groups excluding carboxylic acids is 1. The number of hydrogen-bond acceptors (Lipinski definition) is 7. The van der Waals surface area contributed by atoms with Crippen molar-refractivity contribution < 1.29 is 13.9 Å². The smallest absolute Gasteiger partial charge is 0.293 e. The molecule has 1 amide bonds. The molecule has 2 aromatic heterocycles. The van der Waals surface area contributed by atoms with Gasteiger partial charge >= 0.3 is 0 Å². The van der Waals surface area contributed by atoms with Gasteiger partial charge in [0.15, 0.2) is 5.76 Å². The minimum atomic E-state index is -0.571. The molecular formula is C16H13N3O4S. The normalized spacial score (nSPS) is 10.4. The summed E-state index contributed by atoms with van der Waals surface area (Å²) in [7, 11) is 0. The molecular weight excluding hydrogens is 330 g/mol. The Hall–Kier alpha value is -3.00. The quantitative estimate of drug-likeness (QED) is 0.765. The minimum Gasteiger partial charge on any atom is -0.482 e. The maximum absolute atomic E-state index is 12.0. The molecule has 3 rings (SSSR count). The summed E-state index contributed by atoms with van der Waals surface area (Å²) in [5.74, 6) is -0.653. The van der Waals surface area contributed by atoms with Crippen LogP contribution in [-0.2, 0) is 6.61 Å². The van der Waals surface area contributed by atoms with E-state index < -0.39 is 11.3 Å². The predicted molar refractivity (Wildman–Crippen MR) is 88.4 cm³/mol. The van der Waals surface area contributed by atoms with Gasteiger partial charge in [-0.25, -0.2) is 0 Å². The van der Waals surface area contributed by atoms with Gasteiger partial charge in [0.25, 0.3) is 5.91 Å². The number of carbonyl (C=O) groups is 1. The number of aromatic nitrogens is 2. The van der Waals surface area contributed by atoms with E-state index in [1.807, 2.05) is 30.3 Å². The summed E-state index contributed by atoms with van der Waals surface area (Å²) in [6.07, 6.45) is 1.13. The second-order valence-corrected chi connectivity index (χ2v) is 6.01. The number of aryl methyl sites for hydroxylation is 1. The lowest BCUT2D eigenvalue weighted by Crippen LogP contribution is -2.15. The van der Waals surface area contributed by atoms with Gasteiger partial charge in [-0.05, 0) is 12.5 Å². The zero-order valence-corrected chi connectivity index (χ0v) is 13.5. The van der Waals surface area contributed by atoms with Crippen LogP contribution in [0.4, 0.5) is 5.13 Å². The zero-order valence-electron chi connectivity index (χ0n) is 12.7. The van der Waals surface area contributed by atoms with Crippen molar-refractivity contribution in [3.8, 4) is 5.75 Å². The molecule has 0 unspecified atom stereocenters. The molecule has 0 radical (unpaired) electrons. The summed E-state index contributed by atoms with van der Waals surface area (Å²) in [5, 5.41) is 11.1. The van der Waals surface area contributed by atoms with Gasteiger partial charge in [-0.1, -0.05) is 41.7 Å². The van der Waals surface area contributed by atoms with Gasteiger partial charge in [-0.2, -0.15) is 0 Å². The molecule has 0 aliphatic carbocycles. The minimum absolute atomic E-state index is 0.0437. The summed E-state index contributed by atoms with van der Waals surface area (Å²) in [5.41, 5.74) is 0.487. The summed E-state index contributed by atoms with van der Waals surface area (Å²) in [6.45, 7) is 2.01. The van der Waals surface area contributed by atoms with E-state index in [2.05, 4.69) is 15.5 Å². The molecule has 0 atom stereocenters. The van der Waals surface area contributed by atoms with Gasteiger partial charge < -0.3 is 9.15 Å². The standard InChI is InChI=1S/C16H13N3O4S/c1-10-18-19-16(24-10)17-15(21)13-7-12(20)14(9-23-13)22-8-11-5-3-2-4-6-11/h2-7,9H,8H2,1H3,(H,17,19,21). The Morgan fingerprint density at radius 1 is 1.29 bits per heavy atom. The number of ether oxygens (including phenoxy) is 1. The SMILES string of the molecule is Cc1nnc(NC(=O)c2cc(=O)c(OCc3ccccc3)co2)s1. The fraction of sp³-hybridized carbons (Fsp3) is 0.125. The molecule has 7 nitrogen and oxygen atoms in total. The van der Waals surface area contributed by atoms with E-state index in [1.165, 1.54) is 11.3 Å². The molecule has 0 bridgehead atoms. The van der Waals surface area contributed by atoms with Gasteiger partial charge in [0.05, 0.1) is 0 Å². The molecule has 2 heterocycles. The van der Waals surface area contributed by atoms with Crippen LogP contribution in [0.1, 0.15) is 21.1 Å². The Bertz CT molecular complexity index is 905. The second kappa shape index (κ2) is 7.05. The summed E-state index contributed by atoms with van der Waals surface area (Å²) in [6, 6.07) is 10.5. The van der Waals surface area contributed by atoms with Crippen molar-refractivity contribution in [2.24, 2.45) is 0 Å². The summed E-state index contributed by atoms with van der Waals surface area (Å²) < 4.78 is 10.6. The number of nitrogens with zero attached hydrogens (tertiary/aromatic N) is 2. The molecule has 24 heavy (non-hydrogen) atoms. The molecule has 0 spiro atoms. The van der Waals surface area contributed by atoms with Gasteiger partial charge in [0.2, 0.25) is 16.3 Å². The number of rotatable bonds is 5. The molecule has 1 aromatic carbocycles. The molecule has 0 aliphatic rings. The molecule has 122 valence electrons. The topological polar surface area (TPSA) is 94.3 Å². The van der Waals surface area contributed by atoms with Crippen molar-refractivity contribution in [2.45, 2.75) is 13.5 Å². The number of amides is 1. The van der Waals surface area contributed by atoms with E-state index in [9.17, 15) is 9.59 Å². The van der Waals surface area contributed by atoms with Gasteiger partial charge in [0.1, 0.15) is 17.9 Å². The van der Waals surface area contributed by atoms with Crippen LogP contribution in [0.3, 0.4) is 0 Å². The Kier molecular flexibility index (Phi) is 4.66. The molecule has 0 fully saturated rings. The molecule has 8 heteroatoms. The highest BCUT2D eigenvalue weighted by atomic mass is 32.1. The van der Waals surface area contributed by atoms with Crippen LogP contribution in [-0.4, -0.2) is 16.1 Å². The molecule has 0 saturated heterocycles. The van der Waals surface area contributed by atoms with Gasteiger partial charge in [0, 0.05) is 6.07 Å². The first-order valence-corrected chi connectivity index (χ1v) is 7.84. The average Bonchev–Trinajstić information content (AvgIpc) is 2.99. The van der Waals surface area contributed by atoms with Crippen LogP contribution >= 0.6 is 11.3 Å². The van der Waals surface area contributed by atoms with Crippen LogP contribution in [0.2, 0.25) is 0 Å². The van der Waals surface area contributed by atoms with Crippen LogP contribution in [0.15, 0.2) is 51.9 Å². The van der Waals surface area contributed by atoms with Crippen molar-refractivity contribution in [1.82, 2.24) is 10.2 Å². The maximum Gasteiger partial charge on any atom is 0.293 e.